The number of hydrogen-bond acceptors (Lipinski definition) is 3. The third kappa shape index (κ3) is 3.73. The Kier molecular flexibility index (Phi) is 3.67. The van der Waals surface area contributed by atoms with Crippen LogP contribution in [0, 0.1) is 0 Å². The normalized spacial score (nSPS) is 25.5. The van der Waals surface area contributed by atoms with Crippen LogP contribution in [0.2, 0.25) is 0 Å². The quantitative estimate of drug-likeness (QED) is 0.492. The first-order chi connectivity index (χ1) is 6.14. The van der Waals surface area contributed by atoms with Gasteiger partial charge in [0.2, 0.25) is 0 Å². The van der Waals surface area contributed by atoms with Crippen LogP contribution in [0.3, 0.4) is 0 Å². The number of unbranched alkanes of at least 4 members (excludes halogenated alkanes) is 1. The number of rotatable bonds is 4. The average molecular weight is 184 g/mol. The predicted molar refractivity (Wildman–Crippen MR) is 49.0 cm³/mol. The highest BCUT2D eigenvalue weighted by molar-refractivity contribution is 5.44. The van der Waals surface area contributed by atoms with Gasteiger partial charge < -0.3 is 9.47 Å². The van der Waals surface area contributed by atoms with Crippen molar-refractivity contribution in [2.75, 3.05) is 6.61 Å². The third-order valence-electron chi connectivity index (χ3n) is 2.03. The first kappa shape index (κ1) is 10.5. The minimum Gasteiger partial charge on any atom is -0.348 e. The molecule has 3 heteroatoms. The van der Waals surface area contributed by atoms with Gasteiger partial charge in [-0.3, -0.25) is 0 Å². The van der Waals surface area contributed by atoms with Gasteiger partial charge in [0.1, 0.15) is 5.94 Å². The van der Waals surface area contributed by atoms with Crippen LogP contribution in [0.15, 0.2) is 6.08 Å². The fourth-order valence-corrected chi connectivity index (χ4v) is 1.41. The van der Waals surface area contributed by atoms with E-state index in [4.69, 9.17) is 9.47 Å². The van der Waals surface area contributed by atoms with Crippen molar-refractivity contribution in [3.63, 3.8) is 0 Å². The van der Waals surface area contributed by atoms with E-state index in [1.807, 2.05) is 13.8 Å². The average Bonchev–Trinajstić information content (AvgIpc) is 2.40. The maximum absolute atomic E-state index is 9.87. The first-order valence-electron chi connectivity index (χ1n) is 4.65. The molecule has 0 N–H and O–H groups in total. The van der Waals surface area contributed by atoms with E-state index in [0.29, 0.717) is 6.61 Å². The molecule has 0 radical (unpaired) electrons. The van der Waals surface area contributed by atoms with Crippen LogP contribution in [-0.4, -0.2) is 24.4 Å². The molecule has 0 saturated carbocycles. The van der Waals surface area contributed by atoms with Crippen LogP contribution in [-0.2, 0) is 14.3 Å². The second-order valence-corrected chi connectivity index (χ2v) is 3.70. The molecule has 0 aliphatic carbocycles. The summed E-state index contributed by atoms with van der Waals surface area (Å²) >= 11 is 0. The van der Waals surface area contributed by atoms with Gasteiger partial charge in [-0.25, -0.2) is 4.79 Å². The Hall–Kier alpha value is -0.630. The largest absolute Gasteiger partial charge is 0.348 e. The molecule has 0 amide bonds. The number of carbonyl (C=O) groups excluding carboxylic acids is 1. The van der Waals surface area contributed by atoms with Crippen molar-refractivity contribution < 1.29 is 14.3 Å². The van der Waals surface area contributed by atoms with Crippen LogP contribution >= 0.6 is 0 Å². The molecule has 1 rings (SSSR count). The van der Waals surface area contributed by atoms with Crippen molar-refractivity contribution in [2.24, 2.45) is 0 Å². The smallest absolute Gasteiger partial charge is 0.163 e. The molecule has 0 spiro atoms. The van der Waals surface area contributed by atoms with Crippen molar-refractivity contribution in [3.8, 4) is 0 Å². The van der Waals surface area contributed by atoms with Gasteiger partial charge in [0.05, 0.1) is 12.7 Å². The highest BCUT2D eigenvalue weighted by atomic mass is 16.7. The monoisotopic (exact) mass is 184 g/mol. The van der Waals surface area contributed by atoms with E-state index < -0.39 is 5.79 Å². The lowest BCUT2D eigenvalue weighted by atomic mass is 10.1. The van der Waals surface area contributed by atoms with E-state index in [9.17, 15) is 4.79 Å². The zero-order valence-corrected chi connectivity index (χ0v) is 8.21. The molecule has 3 nitrogen and oxygen atoms in total. The number of allylic oxidation sites excluding steroid dienone is 1. The molecule has 1 heterocycles. The molecule has 74 valence electrons. The standard InChI is InChI=1S/C10H16O3/c1-10(2)12-8-9(13-10)6-4-3-5-7-11/h5,9H,3-4,6,8H2,1-2H3. The van der Waals surface area contributed by atoms with Crippen LogP contribution in [0.5, 0.6) is 0 Å². The molecule has 0 aromatic carbocycles. The molecular weight excluding hydrogens is 168 g/mol. The second-order valence-electron chi connectivity index (χ2n) is 3.70. The van der Waals surface area contributed by atoms with Crippen LogP contribution in [0.4, 0.5) is 0 Å². The fraction of sp³-hybridized carbons (Fsp3) is 0.800. The van der Waals surface area contributed by atoms with Crippen molar-refractivity contribution in [1.29, 1.82) is 0 Å². The Morgan fingerprint density at radius 2 is 2.38 bits per heavy atom. The maximum Gasteiger partial charge on any atom is 0.163 e. The molecule has 1 saturated heterocycles. The van der Waals surface area contributed by atoms with Crippen molar-refractivity contribution in [3.05, 3.63) is 6.08 Å². The predicted octanol–water partition coefficient (Wildman–Crippen LogP) is 1.70. The van der Waals surface area contributed by atoms with Gasteiger partial charge in [-0.2, -0.15) is 0 Å². The first-order valence-corrected chi connectivity index (χ1v) is 4.65. The minimum atomic E-state index is -0.425. The minimum absolute atomic E-state index is 0.190. The molecule has 13 heavy (non-hydrogen) atoms. The van der Waals surface area contributed by atoms with Crippen LogP contribution < -0.4 is 0 Å². The summed E-state index contributed by atoms with van der Waals surface area (Å²) in [7, 11) is 0. The van der Waals surface area contributed by atoms with Crippen LogP contribution in [0.1, 0.15) is 33.1 Å². The molecule has 1 aliphatic rings. The lowest BCUT2D eigenvalue weighted by molar-refractivity contribution is -0.139. The van der Waals surface area contributed by atoms with Gasteiger partial charge >= 0.3 is 0 Å². The number of hydrogen-bond donors (Lipinski definition) is 0. The molecular formula is C10H16O3. The van der Waals surface area contributed by atoms with Gasteiger partial charge in [0.25, 0.3) is 0 Å². The Bertz CT molecular complexity index is 204. The van der Waals surface area contributed by atoms with E-state index in [1.165, 1.54) is 6.08 Å². The van der Waals surface area contributed by atoms with Crippen LogP contribution in [0.25, 0.3) is 0 Å². The highest BCUT2D eigenvalue weighted by Crippen LogP contribution is 2.24. The summed E-state index contributed by atoms with van der Waals surface area (Å²) in [4.78, 5) is 9.87. The van der Waals surface area contributed by atoms with E-state index in [-0.39, 0.29) is 6.10 Å². The molecule has 0 bridgehead atoms. The van der Waals surface area contributed by atoms with Crippen molar-refractivity contribution in [2.45, 2.75) is 45.0 Å². The summed E-state index contributed by atoms with van der Waals surface area (Å²) in [5, 5.41) is 0. The second kappa shape index (κ2) is 4.56. The van der Waals surface area contributed by atoms with Gasteiger partial charge in [-0.05, 0) is 39.2 Å². The Morgan fingerprint density at radius 3 is 2.92 bits per heavy atom. The Balaban J connectivity index is 2.14. The van der Waals surface area contributed by atoms with E-state index in [1.54, 1.807) is 5.94 Å². The molecule has 1 unspecified atom stereocenters. The molecule has 1 atom stereocenters. The van der Waals surface area contributed by atoms with Gasteiger partial charge in [-0.1, -0.05) is 0 Å². The fourth-order valence-electron chi connectivity index (χ4n) is 1.41. The summed E-state index contributed by atoms with van der Waals surface area (Å²) in [5.74, 6) is 1.34. The maximum atomic E-state index is 9.87. The van der Waals surface area contributed by atoms with Gasteiger partial charge in [0, 0.05) is 0 Å². The lowest BCUT2D eigenvalue weighted by Gasteiger charge is -2.16. The lowest BCUT2D eigenvalue weighted by Crippen LogP contribution is -2.21. The summed E-state index contributed by atoms with van der Waals surface area (Å²) in [5.41, 5.74) is 0. The van der Waals surface area contributed by atoms with Crippen molar-refractivity contribution in [1.82, 2.24) is 0 Å². The summed E-state index contributed by atoms with van der Waals surface area (Å²) in [6, 6.07) is 0. The SMILES string of the molecule is CC1(C)OCC(CCCC=C=O)O1. The molecule has 0 aromatic heterocycles. The van der Waals surface area contributed by atoms with Gasteiger partial charge in [0.15, 0.2) is 5.79 Å². The zero-order valence-electron chi connectivity index (χ0n) is 8.21. The van der Waals surface area contributed by atoms with E-state index in [2.05, 4.69) is 0 Å². The summed E-state index contributed by atoms with van der Waals surface area (Å²) in [6.45, 7) is 4.49. The van der Waals surface area contributed by atoms with Crippen molar-refractivity contribution >= 4 is 5.94 Å². The number of ether oxygens (including phenoxy) is 2. The van der Waals surface area contributed by atoms with E-state index >= 15 is 0 Å². The van der Waals surface area contributed by atoms with Gasteiger partial charge in [-0.15, -0.1) is 0 Å². The zero-order chi connectivity index (χ0) is 9.73. The summed E-state index contributed by atoms with van der Waals surface area (Å²) < 4.78 is 11.0. The molecule has 0 aromatic rings. The topological polar surface area (TPSA) is 35.5 Å². The Labute approximate surface area is 78.7 Å². The third-order valence-corrected chi connectivity index (χ3v) is 2.03. The molecule has 1 aliphatic heterocycles. The summed E-state index contributed by atoms with van der Waals surface area (Å²) in [6.07, 6.45) is 4.39. The van der Waals surface area contributed by atoms with E-state index in [0.717, 1.165) is 19.3 Å². The Morgan fingerprint density at radius 1 is 1.62 bits per heavy atom. The molecule has 1 fully saturated rings. The highest BCUT2D eigenvalue weighted by Gasteiger charge is 2.31.